The van der Waals surface area contributed by atoms with E-state index in [1.54, 1.807) is 0 Å². The van der Waals surface area contributed by atoms with Gasteiger partial charge in [0.2, 0.25) is 0 Å². The molecule has 1 N–H and O–H groups in total. The van der Waals surface area contributed by atoms with Crippen LogP contribution in [0.25, 0.3) is 0 Å². The summed E-state index contributed by atoms with van der Waals surface area (Å²) in [4.78, 5) is 29.9. The van der Waals surface area contributed by atoms with Gasteiger partial charge in [-0.05, 0) is 18.3 Å². The Morgan fingerprint density at radius 1 is 1.47 bits per heavy atom. The van der Waals surface area contributed by atoms with Crippen LogP contribution < -0.4 is 0 Å². The number of aromatic carboxylic acids is 1. The fourth-order valence-electron chi connectivity index (χ4n) is 1.67. The molecule has 0 amide bonds. The second kappa shape index (κ2) is 5.56. The standard InChI is InChI=1S/C12H14N2O4S/c1-18-10(15)4-12(2-3-12)7-19-9-6-13-5-8(14-9)11(16)17/h5-6H,2-4,7H2,1H3,(H,16,17). The van der Waals surface area contributed by atoms with Crippen LogP contribution in [0.4, 0.5) is 0 Å². The van der Waals surface area contributed by atoms with Crippen molar-refractivity contribution >= 4 is 23.7 Å². The van der Waals surface area contributed by atoms with E-state index in [-0.39, 0.29) is 17.1 Å². The number of methoxy groups -OCH3 is 1. The minimum Gasteiger partial charge on any atom is -0.476 e. The number of hydrogen-bond donors (Lipinski definition) is 1. The fraction of sp³-hybridized carbons (Fsp3) is 0.500. The Morgan fingerprint density at radius 3 is 2.79 bits per heavy atom. The Hall–Kier alpha value is -1.63. The average Bonchev–Trinajstić information content (AvgIpc) is 3.17. The van der Waals surface area contributed by atoms with Crippen LogP contribution in [0.5, 0.6) is 0 Å². The lowest BCUT2D eigenvalue weighted by Crippen LogP contribution is -2.13. The summed E-state index contributed by atoms with van der Waals surface area (Å²) >= 11 is 1.43. The summed E-state index contributed by atoms with van der Waals surface area (Å²) < 4.78 is 4.67. The molecule has 1 aliphatic rings. The molecule has 1 aromatic rings. The third-order valence-corrected chi connectivity index (χ3v) is 4.31. The molecule has 1 aliphatic carbocycles. The summed E-state index contributed by atoms with van der Waals surface area (Å²) in [6.45, 7) is 0. The van der Waals surface area contributed by atoms with Crippen LogP contribution in [0.15, 0.2) is 17.4 Å². The summed E-state index contributed by atoms with van der Waals surface area (Å²) in [6, 6.07) is 0. The lowest BCUT2D eigenvalue weighted by Gasteiger charge is -2.12. The Balaban J connectivity index is 1.94. The lowest BCUT2D eigenvalue weighted by molar-refractivity contribution is -0.141. The summed E-state index contributed by atoms with van der Waals surface area (Å²) in [5.41, 5.74) is -0.0820. The van der Waals surface area contributed by atoms with Crippen molar-refractivity contribution in [1.29, 1.82) is 0 Å². The number of aromatic nitrogens is 2. The van der Waals surface area contributed by atoms with Crippen molar-refractivity contribution in [3.05, 3.63) is 18.1 Å². The molecule has 0 bridgehead atoms. The molecule has 0 unspecified atom stereocenters. The van der Waals surface area contributed by atoms with Crippen LogP contribution >= 0.6 is 11.8 Å². The van der Waals surface area contributed by atoms with Gasteiger partial charge in [-0.2, -0.15) is 0 Å². The van der Waals surface area contributed by atoms with Crippen molar-refractivity contribution in [1.82, 2.24) is 9.97 Å². The van der Waals surface area contributed by atoms with Crippen molar-refractivity contribution in [3.8, 4) is 0 Å². The monoisotopic (exact) mass is 282 g/mol. The summed E-state index contributed by atoms with van der Waals surface area (Å²) in [6.07, 6.45) is 5.13. The van der Waals surface area contributed by atoms with E-state index >= 15 is 0 Å². The van der Waals surface area contributed by atoms with Crippen LogP contribution in [0.1, 0.15) is 29.8 Å². The number of carbonyl (C=O) groups is 2. The van der Waals surface area contributed by atoms with E-state index in [0.29, 0.717) is 11.4 Å². The maximum absolute atomic E-state index is 11.3. The van der Waals surface area contributed by atoms with Gasteiger partial charge in [-0.15, -0.1) is 11.8 Å². The smallest absolute Gasteiger partial charge is 0.356 e. The Labute approximate surface area is 114 Å². The maximum atomic E-state index is 11.3. The van der Waals surface area contributed by atoms with Gasteiger partial charge in [-0.3, -0.25) is 9.78 Å². The zero-order valence-corrected chi connectivity index (χ0v) is 11.3. The summed E-state index contributed by atoms with van der Waals surface area (Å²) in [5.74, 6) is -0.575. The van der Waals surface area contributed by atoms with E-state index in [2.05, 4.69) is 14.7 Å². The number of nitrogens with zero attached hydrogens (tertiary/aromatic N) is 2. The number of ether oxygens (including phenoxy) is 1. The largest absolute Gasteiger partial charge is 0.476 e. The second-order valence-electron chi connectivity index (χ2n) is 4.59. The molecule has 0 aliphatic heterocycles. The van der Waals surface area contributed by atoms with E-state index in [9.17, 15) is 9.59 Å². The molecule has 1 saturated carbocycles. The molecule has 1 aromatic heterocycles. The number of carboxylic acid groups (broad SMARTS) is 1. The SMILES string of the molecule is COC(=O)CC1(CSc2cncc(C(=O)O)n2)CC1. The first-order valence-electron chi connectivity index (χ1n) is 5.80. The topological polar surface area (TPSA) is 89.4 Å². The van der Waals surface area contributed by atoms with Gasteiger partial charge in [-0.25, -0.2) is 9.78 Å². The minimum atomic E-state index is -1.09. The van der Waals surface area contributed by atoms with Gasteiger partial charge in [0, 0.05) is 5.75 Å². The van der Waals surface area contributed by atoms with E-state index < -0.39 is 5.97 Å². The van der Waals surface area contributed by atoms with Gasteiger partial charge in [0.05, 0.1) is 25.9 Å². The van der Waals surface area contributed by atoms with Gasteiger partial charge < -0.3 is 9.84 Å². The second-order valence-corrected chi connectivity index (χ2v) is 5.58. The number of carboxylic acids is 1. The van der Waals surface area contributed by atoms with Crippen LogP contribution in [0.3, 0.4) is 0 Å². The van der Waals surface area contributed by atoms with Crippen molar-refractivity contribution in [3.63, 3.8) is 0 Å². The molecule has 1 fully saturated rings. The average molecular weight is 282 g/mol. The third kappa shape index (κ3) is 3.66. The molecule has 0 saturated heterocycles. The first-order chi connectivity index (χ1) is 9.04. The van der Waals surface area contributed by atoms with Gasteiger partial charge in [0.15, 0.2) is 5.69 Å². The van der Waals surface area contributed by atoms with Crippen molar-refractivity contribution in [2.75, 3.05) is 12.9 Å². The number of thioether (sulfide) groups is 1. The quantitative estimate of drug-likeness (QED) is 0.626. The molecule has 2 rings (SSSR count). The Bertz CT molecular complexity index is 502. The Morgan fingerprint density at radius 2 is 2.21 bits per heavy atom. The van der Waals surface area contributed by atoms with E-state index in [1.807, 2.05) is 0 Å². The molecule has 0 aromatic carbocycles. The van der Waals surface area contributed by atoms with Crippen molar-refractivity contribution < 1.29 is 19.4 Å². The third-order valence-electron chi connectivity index (χ3n) is 3.06. The number of hydrogen-bond acceptors (Lipinski definition) is 6. The van der Waals surface area contributed by atoms with Gasteiger partial charge in [-0.1, -0.05) is 0 Å². The molecular weight excluding hydrogens is 268 g/mol. The maximum Gasteiger partial charge on any atom is 0.356 e. The molecule has 0 spiro atoms. The molecular formula is C12H14N2O4S. The molecule has 102 valence electrons. The molecule has 19 heavy (non-hydrogen) atoms. The first-order valence-corrected chi connectivity index (χ1v) is 6.78. The van der Waals surface area contributed by atoms with E-state index in [1.165, 1.54) is 31.3 Å². The van der Waals surface area contributed by atoms with Crippen LogP contribution in [0.2, 0.25) is 0 Å². The van der Waals surface area contributed by atoms with Crippen LogP contribution in [-0.4, -0.2) is 39.9 Å². The minimum absolute atomic E-state index is 0.0152. The summed E-state index contributed by atoms with van der Waals surface area (Å²) in [5, 5.41) is 9.39. The van der Waals surface area contributed by atoms with Crippen LogP contribution in [0, 0.1) is 5.41 Å². The van der Waals surface area contributed by atoms with Gasteiger partial charge in [0.1, 0.15) is 5.03 Å². The zero-order chi connectivity index (χ0) is 13.9. The van der Waals surface area contributed by atoms with E-state index in [4.69, 9.17) is 5.11 Å². The normalized spacial score (nSPS) is 15.8. The van der Waals surface area contributed by atoms with E-state index in [0.717, 1.165) is 18.6 Å². The first kappa shape index (κ1) is 13.8. The molecule has 0 radical (unpaired) electrons. The zero-order valence-electron chi connectivity index (χ0n) is 10.5. The predicted octanol–water partition coefficient (Wildman–Crippen LogP) is 1.61. The van der Waals surface area contributed by atoms with Gasteiger partial charge in [0.25, 0.3) is 0 Å². The highest BCUT2D eigenvalue weighted by atomic mass is 32.2. The predicted molar refractivity (Wildman–Crippen MR) is 68.0 cm³/mol. The highest BCUT2D eigenvalue weighted by Gasteiger charge is 2.44. The highest BCUT2D eigenvalue weighted by Crippen LogP contribution is 2.51. The lowest BCUT2D eigenvalue weighted by atomic mass is 10.1. The molecule has 6 nitrogen and oxygen atoms in total. The summed E-state index contributed by atoms with van der Waals surface area (Å²) in [7, 11) is 1.38. The molecule has 1 heterocycles. The van der Waals surface area contributed by atoms with Crippen molar-refractivity contribution in [2.45, 2.75) is 24.3 Å². The molecule has 7 heteroatoms. The van der Waals surface area contributed by atoms with Gasteiger partial charge >= 0.3 is 11.9 Å². The number of esters is 1. The number of carbonyl (C=O) groups excluding carboxylic acids is 1. The highest BCUT2D eigenvalue weighted by molar-refractivity contribution is 7.99. The van der Waals surface area contributed by atoms with Crippen molar-refractivity contribution in [2.24, 2.45) is 5.41 Å². The number of rotatable bonds is 6. The molecule has 0 atom stereocenters. The fourth-order valence-corrected chi connectivity index (χ4v) is 2.82. The Kier molecular flexibility index (Phi) is 4.04. The van der Waals surface area contributed by atoms with Crippen LogP contribution in [-0.2, 0) is 9.53 Å².